The molecule has 1 aromatic heterocycles. The molecule has 66 valence electrons. The Bertz CT molecular complexity index is 248. The molecule has 0 aliphatic carbocycles. The van der Waals surface area contributed by atoms with Crippen molar-refractivity contribution < 1.29 is 0 Å². The van der Waals surface area contributed by atoms with Crippen LogP contribution in [0.3, 0.4) is 0 Å². The summed E-state index contributed by atoms with van der Waals surface area (Å²) in [5.74, 6) is 1.79. The molecule has 1 heterocycles. The molecular weight excluding hydrogens is 168 g/mol. The van der Waals surface area contributed by atoms with Crippen molar-refractivity contribution in [1.82, 2.24) is 4.98 Å². The summed E-state index contributed by atoms with van der Waals surface area (Å²) in [6, 6.07) is 3.71. The number of rotatable bonds is 3. The highest BCUT2D eigenvalue weighted by Crippen LogP contribution is 2.19. The number of thioether (sulfide) groups is 1. The van der Waals surface area contributed by atoms with E-state index >= 15 is 0 Å². The highest BCUT2D eigenvalue weighted by molar-refractivity contribution is 7.99. The largest absolute Gasteiger partial charge is 0.399 e. The zero-order valence-corrected chi connectivity index (χ0v) is 8.27. The van der Waals surface area contributed by atoms with Crippen molar-refractivity contribution in [2.75, 3.05) is 11.5 Å². The lowest BCUT2D eigenvalue weighted by Gasteiger charge is -2.03. The van der Waals surface area contributed by atoms with Crippen LogP contribution in [-0.2, 0) is 0 Å². The molecule has 1 aromatic rings. The first-order valence-corrected chi connectivity index (χ1v) is 5.01. The molecule has 0 unspecified atom stereocenters. The summed E-state index contributed by atoms with van der Waals surface area (Å²) in [5.41, 5.74) is 6.40. The summed E-state index contributed by atoms with van der Waals surface area (Å²) in [5, 5.41) is 1.02. The van der Waals surface area contributed by atoms with Crippen LogP contribution in [0.4, 0.5) is 5.69 Å². The van der Waals surface area contributed by atoms with E-state index in [0.717, 1.165) is 16.5 Å². The van der Waals surface area contributed by atoms with Gasteiger partial charge in [-0.05, 0) is 18.1 Å². The van der Waals surface area contributed by atoms with E-state index in [1.54, 1.807) is 24.0 Å². The van der Waals surface area contributed by atoms with E-state index < -0.39 is 0 Å². The molecule has 0 aromatic carbocycles. The molecule has 0 aliphatic rings. The van der Waals surface area contributed by atoms with Gasteiger partial charge >= 0.3 is 0 Å². The quantitative estimate of drug-likeness (QED) is 0.730. The second-order valence-corrected chi connectivity index (χ2v) is 4.17. The van der Waals surface area contributed by atoms with Crippen molar-refractivity contribution in [1.29, 1.82) is 0 Å². The minimum atomic E-state index is 0.693. The summed E-state index contributed by atoms with van der Waals surface area (Å²) in [6.07, 6.45) is 1.75. The molecule has 0 aliphatic heterocycles. The summed E-state index contributed by atoms with van der Waals surface area (Å²) < 4.78 is 0. The second-order valence-electron chi connectivity index (χ2n) is 3.13. The molecule has 0 radical (unpaired) electrons. The van der Waals surface area contributed by atoms with Crippen molar-refractivity contribution in [3.05, 3.63) is 18.3 Å². The number of nitrogens with zero attached hydrogens (tertiary/aromatic N) is 1. The maximum absolute atomic E-state index is 5.61. The summed E-state index contributed by atoms with van der Waals surface area (Å²) in [7, 11) is 0. The van der Waals surface area contributed by atoms with Crippen LogP contribution in [0.1, 0.15) is 13.8 Å². The maximum Gasteiger partial charge on any atom is 0.0980 e. The fourth-order valence-electron chi connectivity index (χ4n) is 0.756. The van der Waals surface area contributed by atoms with Crippen molar-refractivity contribution in [3.63, 3.8) is 0 Å². The van der Waals surface area contributed by atoms with Crippen molar-refractivity contribution in [3.8, 4) is 0 Å². The van der Waals surface area contributed by atoms with Crippen LogP contribution in [0.15, 0.2) is 23.4 Å². The minimum Gasteiger partial charge on any atom is -0.399 e. The SMILES string of the molecule is CC(C)CSc1cc(N)ccn1. The number of hydrogen-bond acceptors (Lipinski definition) is 3. The molecule has 0 bridgehead atoms. The third-order valence-corrected chi connectivity index (χ3v) is 2.68. The van der Waals surface area contributed by atoms with Gasteiger partial charge < -0.3 is 5.73 Å². The van der Waals surface area contributed by atoms with Gasteiger partial charge in [-0.15, -0.1) is 11.8 Å². The van der Waals surface area contributed by atoms with E-state index in [-0.39, 0.29) is 0 Å². The Morgan fingerprint density at radius 3 is 2.92 bits per heavy atom. The molecule has 2 nitrogen and oxygen atoms in total. The molecular formula is C9H14N2S. The lowest BCUT2D eigenvalue weighted by molar-refractivity contribution is 0.749. The first-order chi connectivity index (χ1) is 5.68. The molecule has 0 amide bonds. The molecule has 0 saturated carbocycles. The highest BCUT2D eigenvalue weighted by Gasteiger charge is 1.98. The molecule has 0 atom stereocenters. The van der Waals surface area contributed by atoms with E-state index in [9.17, 15) is 0 Å². The summed E-state index contributed by atoms with van der Waals surface area (Å²) >= 11 is 1.75. The van der Waals surface area contributed by atoms with E-state index in [0.29, 0.717) is 5.92 Å². The number of hydrogen-bond donors (Lipinski definition) is 1. The Balaban J connectivity index is 2.52. The normalized spacial score (nSPS) is 10.6. The van der Waals surface area contributed by atoms with E-state index in [1.807, 2.05) is 6.07 Å². The van der Waals surface area contributed by atoms with Gasteiger partial charge in [0, 0.05) is 17.6 Å². The molecule has 3 heteroatoms. The van der Waals surface area contributed by atoms with Gasteiger partial charge in [-0.1, -0.05) is 13.8 Å². The lowest BCUT2D eigenvalue weighted by atomic mass is 10.3. The molecule has 12 heavy (non-hydrogen) atoms. The van der Waals surface area contributed by atoms with Crippen molar-refractivity contribution in [2.24, 2.45) is 5.92 Å². The number of aromatic nitrogens is 1. The Hall–Kier alpha value is -0.700. The fourth-order valence-corrected chi connectivity index (χ4v) is 1.61. The highest BCUT2D eigenvalue weighted by atomic mass is 32.2. The van der Waals surface area contributed by atoms with Crippen LogP contribution in [0.2, 0.25) is 0 Å². The van der Waals surface area contributed by atoms with Crippen molar-refractivity contribution in [2.45, 2.75) is 18.9 Å². The number of anilines is 1. The fraction of sp³-hybridized carbons (Fsp3) is 0.444. The summed E-state index contributed by atoms with van der Waals surface area (Å²) in [4.78, 5) is 4.19. The second kappa shape index (κ2) is 4.36. The third kappa shape index (κ3) is 3.13. The smallest absolute Gasteiger partial charge is 0.0980 e. The lowest BCUT2D eigenvalue weighted by Crippen LogP contribution is -1.92. The third-order valence-electron chi connectivity index (χ3n) is 1.32. The Labute approximate surface area is 77.6 Å². The van der Waals surface area contributed by atoms with Crippen LogP contribution in [0.5, 0.6) is 0 Å². The Kier molecular flexibility index (Phi) is 3.41. The first-order valence-electron chi connectivity index (χ1n) is 4.03. The van der Waals surface area contributed by atoms with Gasteiger partial charge in [0.1, 0.15) is 0 Å². The minimum absolute atomic E-state index is 0.693. The van der Waals surface area contributed by atoms with E-state index in [2.05, 4.69) is 18.8 Å². The zero-order chi connectivity index (χ0) is 8.97. The Morgan fingerprint density at radius 1 is 1.58 bits per heavy atom. The van der Waals surface area contributed by atoms with Gasteiger partial charge in [-0.3, -0.25) is 0 Å². The molecule has 0 saturated heterocycles. The maximum atomic E-state index is 5.61. The monoisotopic (exact) mass is 182 g/mol. The zero-order valence-electron chi connectivity index (χ0n) is 7.45. The average Bonchev–Trinajstić information content (AvgIpc) is 2.01. The summed E-state index contributed by atoms with van der Waals surface area (Å²) in [6.45, 7) is 4.39. The molecule has 1 rings (SSSR count). The van der Waals surface area contributed by atoms with Crippen LogP contribution in [0.25, 0.3) is 0 Å². The van der Waals surface area contributed by atoms with Gasteiger partial charge in [-0.25, -0.2) is 4.98 Å². The van der Waals surface area contributed by atoms with Crippen LogP contribution in [-0.4, -0.2) is 10.7 Å². The molecule has 0 spiro atoms. The molecule has 2 N–H and O–H groups in total. The number of pyridine rings is 1. The predicted octanol–water partition coefficient (Wildman–Crippen LogP) is 2.41. The average molecular weight is 182 g/mol. The van der Waals surface area contributed by atoms with Crippen LogP contribution >= 0.6 is 11.8 Å². The van der Waals surface area contributed by atoms with Gasteiger partial charge in [0.05, 0.1) is 5.03 Å². The van der Waals surface area contributed by atoms with Gasteiger partial charge in [-0.2, -0.15) is 0 Å². The topological polar surface area (TPSA) is 38.9 Å². The number of nitrogen functional groups attached to an aromatic ring is 1. The van der Waals surface area contributed by atoms with Crippen molar-refractivity contribution >= 4 is 17.4 Å². The molecule has 0 fully saturated rings. The standard InChI is InChI=1S/C9H14N2S/c1-7(2)6-12-9-5-8(10)3-4-11-9/h3-5,7H,6H2,1-2H3,(H2,10,11). The van der Waals surface area contributed by atoms with Gasteiger partial charge in [0.2, 0.25) is 0 Å². The Morgan fingerprint density at radius 2 is 2.33 bits per heavy atom. The van der Waals surface area contributed by atoms with Crippen LogP contribution in [0, 0.1) is 5.92 Å². The van der Waals surface area contributed by atoms with Gasteiger partial charge in [0.15, 0.2) is 0 Å². The predicted molar refractivity (Wildman–Crippen MR) is 54.2 cm³/mol. The number of nitrogens with two attached hydrogens (primary N) is 1. The van der Waals surface area contributed by atoms with Crippen LogP contribution < -0.4 is 5.73 Å². The van der Waals surface area contributed by atoms with E-state index in [1.165, 1.54) is 0 Å². The first kappa shape index (κ1) is 9.39. The van der Waals surface area contributed by atoms with E-state index in [4.69, 9.17) is 5.73 Å². The van der Waals surface area contributed by atoms with Gasteiger partial charge in [0.25, 0.3) is 0 Å².